The summed E-state index contributed by atoms with van der Waals surface area (Å²) in [5.74, 6) is 2.32. The van der Waals surface area contributed by atoms with Crippen LogP contribution in [-0.2, 0) is 4.74 Å². The zero-order valence-corrected chi connectivity index (χ0v) is 9.35. The summed E-state index contributed by atoms with van der Waals surface area (Å²) in [5, 5.41) is 3.00. The molecule has 1 aliphatic rings. The number of hydrogen-bond acceptors (Lipinski definition) is 6. The summed E-state index contributed by atoms with van der Waals surface area (Å²) in [4.78, 5) is 18.9. The van der Waals surface area contributed by atoms with Crippen LogP contribution in [-0.4, -0.2) is 29.2 Å². The molecular weight excluding hydrogens is 222 g/mol. The Bertz CT molecular complexity index is 419. The highest BCUT2D eigenvalue weighted by molar-refractivity contribution is 5.64. The van der Waals surface area contributed by atoms with Gasteiger partial charge >= 0.3 is 6.09 Å². The average Bonchev–Trinajstić information content (AvgIpc) is 3.07. The third kappa shape index (κ3) is 3.47. The summed E-state index contributed by atoms with van der Waals surface area (Å²) in [7, 11) is 0. The summed E-state index contributed by atoms with van der Waals surface area (Å²) in [6, 6.07) is 1.65. The normalized spacial score (nSPS) is 14.4. The lowest BCUT2D eigenvalue weighted by Gasteiger charge is -2.07. The first-order valence-corrected chi connectivity index (χ1v) is 5.45. The highest BCUT2D eigenvalue weighted by Gasteiger charge is 2.27. The van der Waals surface area contributed by atoms with Crippen LogP contribution < -0.4 is 16.8 Å². The summed E-state index contributed by atoms with van der Waals surface area (Å²) in [6.45, 7) is 0.626. The SMILES string of the molecule is NC(=O)OCCNc1cc(N)nc(C2CC2)n1. The Morgan fingerprint density at radius 1 is 1.53 bits per heavy atom. The fourth-order valence-electron chi connectivity index (χ4n) is 1.43. The Kier molecular flexibility index (Phi) is 3.27. The van der Waals surface area contributed by atoms with Gasteiger partial charge in [-0.05, 0) is 12.8 Å². The topological polar surface area (TPSA) is 116 Å². The lowest BCUT2D eigenvalue weighted by molar-refractivity contribution is 0.161. The molecule has 1 aliphatic carbocycles. The van der Waals surface area contributed by atoms with Crippen molar-refractivity contribution < 1.29 is 9.53 Å². The number of hydrogen-bond donors (Lipinski definition) is 3. The van der Waals surface area contributed by atoms with Gasteiger partial charge in [0.2, 0.25) is 0 Å². The number of nitrogen functional groups attached to an aromatic ring is 1. The molecule has 5 N–H and O–H groups in total. The van der Waals surface area contributed by atoms with Crippen LogP contribution in [0.5, 0.6) is 0 Å². The fourth-order valence-corrected chi connectivity index (χ4v) is 1.43. The minimum Gasteiger partial charge on any atom is -0.448 e. The zero-order chi connectivity index (χ0) is 12.3. The Balaban J connectivity index is 1.89. The quantitative estimate of drug-likeness (QED) is 0.640. The Labute approximate surface area is 98.6 Å². The van der Waals surface area contributed by atoms with E-state index in [2.05, 4.69) is 20.0 Å². The molecule has 1 saturated carbocycles. The van der Waals surface area contributed by atoms with Crippen molar-refractivity contribution in [1.29, 1.82) is 0 Å². The van der Waals surface area contributed by atoms with Crippen LogP contribution in [0.3, 0.4) is 0 Å². The van der Waals surface area contributed by atoms with Crippen LogP contribution in [0.4, 0.5) is 16.4 Å². The van der Waals surface area contributed by atoms with E-state index in [-0.39, 0.29) is 6.61 Å². The van der Waals surface area contributed by atoms with Crippen LogP contribution >= 0.6 is 0 Å². The molecule has 0 radical (unpaired) electrons. The van der Waals surface area contributed by atoms with Crippen molar-refractivity contribution in [3.63, 3.8) is 0 Å². The van der Waals surface area contributed by atoms with Gasteiger partial charge in [0.25, 0.3) is 0 Å². The molecule has 1 amide bonds. The van der Waals surface area contributed by atoms with Crippen molar-refractivity contribution in [3.8, 4) is 0 Å². The van der Waals surface area contributed by atoms with Gasteiger partial charge < -0.3 is 21.5 Å². The molecule has 0 unspecified atom stereocenters. The van der Waals surface area contributed by atoms with Gasteiger partial charge in [-0.3, -0.25) is 0 Å². The number of nitrogens with zero attached hydrogens (tertiary/aromatic N) is 2. The molecule has 0 aromatic carbocycles. The molecule has 7 nitrogen and oxygen atoms in total. The molecule has 0 aliphatic heterocycles. The Morgan fingerprint density at radius 2 is 2.29 bits per heavy atom. The maximum Gasteiger partial charge on any atom is 0.404 e. The summed E-state index contributed by atoms with van der Waals surface area (Å²) in [5.41, 5.74) is 10.5. The molecule has 2 rings (SSSR count). The first kappa shape index (κ1) is 11.4. The molecule has 1 aromatic heterocycles. The van der Waals surface area contributed by atoms with Crippen molar-refractivity contribution >= 4 is 17.7 Å². The van der Waals surface area contributed by atoms with E-state index in [9.17, 15) is 4.79 Å². The smallest absolute Gasteiger partial charge is 0.404 e. The van der Waals surface area contributed by atoms with E-state index in [4.69, 9.17) is 11.5 Å². The second-order valence-corrected chi connectivity index (χ2v) is 3.90. The number of nitrogens with two attached hydrogens (primary N) is 2. The minimum absolute atomic E-state index is 0.192. The van der Waals surface area contributed by atoms with Crippen molar-refractivity contribution in [2.24, 2.45) is 5.73 Å². The number of amides is 1. The third-order valence-corrected chi connectivity index (χ3v) is 2.36. The second kappa shape index (κ2) is 4.86. The van der Waals surface area contributed by atoms with E-state index in [1.54, 1.807) is 6.07 Å². The Hall–Kier alpha value is -2.05. The lowest BCUT2D eigenvalue weighted by atomic mass is 10.4. The first-order chi connectivity index (χ1) is 8.15. The third-order valence-electron chi connectivity index (χ3n) is 2.36. The number of aromatic nitrogens is 2. The number of ether oxygens (including phenoxy) is 1. The van der Waals surface area contributed by atoms with Crippen LogP contribution in [0.25, 0.3) is 0 Å². The lowest BCUT2D eigenvalue weighted by Crippen LogP contribution is -2.19. The predicted octanol–water partition coefficient (Wildman–Crippen LogP) is 0.443. The number of primary amides is 1. The van der Waals surface area contributed by atoms with E-state index in [0.29, 0.717) is 24.1 Å². The summed E-state index contributed by atoms with van der Waals surface area (Å²) in [6.07, 6.45) is 1.45. The molecule has 0 atom stereocenters. The van der Waals surface area contributed by atoms with Crippen LogP contribution in [0.1, 0.15) is 24.6 Å². The van der Waals surface area contributed by atoms with Gasteiger partial charge in [-0.15, -0.1) is 0 Å². The second-order valence-electron chi connectivity index (χ2n) is 3.90. The van der Waals surface area contributed by atoms with Gasteiger partial charge in [-0.25, -0.2) is 14.8 Å². The van der Waals surface area contributed by atoms with E-state index >= 15 is 0 Å². The van der Waals surface area contributed by atoms with Gasteiger partial charge in [-0.2, -0.15) is 0 Å². The van der Waals surface area contributed by atoms with Crippen molar-refractivity contribution in [1.82, 2.24) is 9.97 Å². The summed E-state index contributed by atoms with van der Waals surface area (Å²) >= 11 is 0. The van der Waals surface area contributed by atoms with Crippen molar-refractivity contribution in [2.45, 2.75) is 18.8 Å². The largest absolute Gasteiger partial charge is 0.448 e. The van der Waals surface area contributed by atoms with E-state index in [0.717, 1.165) is 18.7 Å². The molecule has 1 aromatic rings. The number of carbonyl (C=O) groups excluding carboxylic acids is 1. The monoisotopic (exact) mass is 237 g/mol. The molecule has 0 saturated heterocycles. The molecule has 1 fully saturated rings. The molecule has 0 spiro atoms. The van der Waals surface area contributed by atoms with Gasteiger partial charge in [0.05, 0.1) is 6.54 Å². The zero-order valence-electron chi connectivity index (χ0n) is 9.35. The van der Waals surface area contributed by atoms with E-state index < -0.39 is 6.09 Å². The predicted molar refractivity (Wildman–Crippen MR) is 62.4 cm³/mol. The maximum atomic E-state index is 10.3. The van der Waals surface area contributed by atoms with Crippen LogP contribution in [0.2, 0.25) is 0 Å². The number of rotatable bonds is 5. The van der Waals surface area contributed by atoms with Gasteiger partial charge in [-0.1, -0.05) is 0 Å². The van der Waals surface area contributed by atoms with E-state index in [1.807, 2.05) is 0 Å². The van der Waals surface area contributed by atoms with Gasteiger partial charge in [0, 0.05) is 12.0 Å². The molecule has 92 valence electrons. The highest BCUT2D eigenvalue weighted by atomic mass is 16.5. The number of nitrogens with one attached hydrogen (secondary N) is 1. The number of carbonyl (C=O) groups is 1. The Morgan fingerprint density at radius 3 is 2.94 bits per heavy atom. The van der Waals surface area contributed by atoms with Crippen molar-refractivity contribution in [2.75, 3.05) is 24.2 Å². The fraction of sp³-hybridized carbons (Fsp3) is 0.500. The minimum atomic E-state index is -0.785. The van der Waals surface area contributed by atoms with Crippen LogP contribution in [0, 0.1) is 0 Å². The van der Waals surface area contributed by atoms with E-state index in [1.165, 1.54) is 0 Å². The maximum absolute atomic E-state index is 10.3. The van der Waals surface area contributed by atoms with Gasteiger partial charge in [0.15, 0.2) is 0 Å². The summed E-state index contributed by atoms with van der Waals surface area (Å²) < 4.78 is 4.59. The van der Waals surface area contributed by atoms with Crippen molar-refractivity contribution in [3.05, 3.63) is 11.9 Å². The number of anilines is 2. The van der Waals surface area contributed by atoms with Crippen LogP contribution in [0.15, 0.2) is 6.07 Å². The molecule has 0 bridgehead atoms. The molecule has 17 heavy (non-hydrogen) atoms. The molecule has 7 heteroatoms. The highest BCUT2D eigenvalue weighted by Crippen LogP contribution is 2.38. The average molecular weight is 237 g/mol. The van der Waals surface area contributed by atoms with Gasteiger partial charge in [0.1, 0.15) is 24.1 Å². The standard InChI is InChI=1S/C10H15N5O2/c11-7-5-8(13-3-4-17-10(12)16)15-9(14-7)6-1-2-6/h5-6H,1-4H2,(H2,12,16)(H3,11,13,14,15). The first-order valence-electron chi connectivity index (χ1n) is 5.45. The molecule has 1 heterocycles. The molecular formula is C10H15N5O2.